The molecule has 0 N–H and O–H groups in total. The van der Waals surface area contributed by atoms with Crippen molar-refractivity contribution < 1.29 is 28.2 Å². The molecule has 1 heterocycles. The number of carbonyl (C=O) groups excluding carboxylic acids is 2. The summed E-state index contributed by atoms with van der Waals surface area (Å²) in [6.45, 7) is 1.41. The molecule has 0 aliphatic heterocycles. The standard InChI is InChI=1S/C20H15BrO7/c1-10(22)11-4-5-15(16(8-11)25-2)27-19(23)14-7-12-6-13(21)9-17(26-3)18(12)28-20(14)24/h4-9H,1-3H3. The van der Waals surface area contributed by atoms with Gasteiger partial charge in [0, 0.05) is 15.4 Å². The van der Waals surface area contributed by atoms with Crippen LogP contribution < -0.4 is 19.8 Å². The van der Waals surface area contributed by atoms with Crippen molar-refractivity contribution in [3.8, 4) is 17.2 Å². The van der Waals surface area contributed by atoms with Crippen molar-refractivity contribution >= 4 is 38.7 Å². The highest BCUT2D eigenvalue weighted by Crippen LogP contribution is 2.31. The number of methoxy groups -OCH3 is 2. The maximum absolute atomic E-state index is 12.6. The zero-order chi connectivity index (χ0) is 20.4. The Kier molecular flexibility index (Phi) is 5.51. The highest BCUT2D eigenvalue weighted by Gasteiger charge is 2.20. The molecule has 0 saturated heterocycles. The summed E-state index contributed by atoms with van der Waals surface area (Å²) in [5.41, 5.74) is -0.530. The van der Waals surface area contributed by atoms with Crippen LogP contribution in [-0.2, 0) is 0 Å². The summed E-state index contributed by atoms with van der Waals surface area (Å²) in [4.78, 5) is 36.3. The van der Waals surface area contributed by atoms with E-state index in [0.717, 1.165) is 0 Å². The summed E-state index contributed by atoms with van der Waals surface area (Å²) in [5, 5.41) is 0.483. The van der Waals surface area contributed by atoms with E-state index in [2.05, 4.69) is 15.9 Å². The smallest absolute Gasteiger partial charge is 0.351 e. The second kappa shape index (κ2) is 7.85. The van der Waals surface area contributed by atoms with Gasteiger partial charge in [0.05, 0.1) is 14.2 Å². The lowest BCUT2D eigenvalue weighted by molar-refractivity contribution is 0.0725. The number of esters is 1. The molecule has 2 aromatic carbocycles. The fraction of sp³-hybridized carbons (Fsp3) is 0.150. The molecule has 0 unspecified atom stereocenters. The van der Waals surface area contributed by atoms with E-state index in [1.807, 2.05) is 0 Å². The van der Waals surface area contributed by atoms with E-state index >= 15 is 0 Å². The first-order valence-corrected chi connectivity index (χ1v) is 8.86. The van der Waals surface area contributed by atoms with Crippen LogP contribution in [0.2, 0.25) is 0 Å². The topological polar surface area (TPSA) is 92.0 Å². The molecule has 0 aliphatic rings. The van der Waals surface area contributed by atoms with Crippen molar-refractivity contribution in [2.24, 2.45) is 0 Å². The average molecular weight is 447 g/mol. The molecule has 28 heavy (non-hydrogen) atoms. The quantitative estimate of drug-likeness (QED) is 0.253. The fourth-order valence-electron chi connectivity index (χ4n) is 2.59. The van der Waals surface area contributed by atoms with Crippen LogP contribution in [0, 0.1) is 0 Å². The monoisotopic (exact) mass is 446 g/mol. The highest BCUT2D eigenvalue weighted by atomic mass is 79.9. The van der Waals surface area contributed by atoms with Gasteiger partial charge in [-0.05, 0) is 43.3 Å². The summed E-state index contributed by atoms with van der Waals surface area (Å²) in [5.74, 6) is -0.461. The Balaban J connectivity index is 2.01. The number of carbonyl (C=O) groups is 2. The number of hydrogen-bond acceptors (Lipinski definition) is 7. The predicted molar refractivity (Wildman–Crippen MR) is 105 cm³/mol. The third-order valence-corrected chi connectivity index (χ3v) is 4.43. The Morgan fingerprint density at radius 3 is 2.32 bits per heavy atom. The highest BCUT2D eigenvalue weighted by molar-refractivity contribution is 9.10. The van der Waals surface area contributed by atoms with Crippen molar-refractivity contribution in [3.05, 3.63) is 62.4 Å². The minimum absolute atomic E-state index is 0.0730. The van der Waals surface area contributed by atoms with E-state index in [-0.39, 0.29) is 28.4 Å². The van der Waals surface area contributed by atoms with Gasteiger partial charge in [0.1, 0.15) is 5.56 Å². The van der Waals surface area contributed by atoms with E-state index in [1.165, 1.54) is 45.4 Å². The van der Waals surface area contributed by atoms with Crippen LogP contribution in [0.3, 0.4) is 0 Å². The van der Waals surface area contributed by atoms with Gasteiger partial charge in [-0.3, -0.25) is 4.79 Å². The Bertz CT molecular complexity index is 1150. The summed E-state index contributed by atoms with van der Waals surface area (Å²) in [6, 6.07) is 9.07. The van der Waals surface area contributed by atoms with Crippen LogP contribution in [-0.4, -0.2) is 26.0 Å². The third-order valence-electron chi connectivity index (χ3n) is 3.98. The number of halogens is 1. The second-order valence-electron chi connectivity index (χ2n) is 5.79. The van der Waals surface area contributed by atoms with Crippen molar-refractivity contribution in [2.75, 3.05) is 14.2 Å². The van der Waals surface area contributed by atoms with Gasteiger partial charge in [-0.1, -0.05) is 15.9 Å². The van der Waals surface area contributed by atoms with Gasteiger partial charge in [-0.15, -0.1) is 0 Å². The molecule has 0 amide bonds. The number of ether oxygens (including phenoxy) is 3. The fourth-order valence-corrected chi connectivity index (χ4v) is 3.04. The van der Waals surface area contributed by atoms with Gasteiger partial charge < -0.3 is 18.6 Å². The number of fused-ring (bicyclic) bond motifs is 1. The van der Waals surface area contributed by atoms with Crippen LogP contribution in [0.15, 0.2) is 50.1 Å². The number of ketones is 1. The Labute approximate surface area is 167 Å². The van der Waals surface area contributed by atoms with Crippen LogP contribution in [0.4, 0.5) is 0 Å². The van der Waals surface area contributed by atoms with Crippen LogP contribution in [0.25, 0.3) is 11.0 Å². The molecule has 1 aromatic heterocycles. The van der Waals surface area contributed by atoms with Crippen LogP contribution >= 0.6 is 15.9 Å². The zero-order valence-corrected chi connectivity index (χ0v) is 16.8. The number of hydrogen-bond donors (Lipinski definition) is 0. The summed E-state index contributed by atoms with van der Waals surface area (Å²) < 4.78 is 21.6. The zero-order valence-electron chi connectivity index (χ0n) is 15.2. The number of Topliss-reactive ketones (excluding diaryl/α,β-unsaturated/α-hetero) is 1. The molecule has 0 bridgehead atoms. The van der Waals surface area contributed by atoms with Gasteiger partial charge >= 0.3 is 11.6 Å². The van der Waals surface area contributed by atoms with Gasteiger partial charge in [-0.25, -0.2) is 9.59 Å². The lowest BCUT2D eigenvalue weighted by Gasteiger charge is -2.10. The Hall–Kier alpha value is -3.13. The lowest BCUT2D eigenvalue weighted by Crippen LogP contribution is -2.19. The minimum atomic E-state index is -0.913. The summed E-state index contributed by atoms with van der Waals surface area (Å²) in [6.07, 6.45) is 0. The normalized spacial score (nSPS) is 10.6. The first kappa shape index (κ1) is 19.6. The largest absolute Gasteiger partial charge is 0.493 e. The molecule has 7 nitrogen and oxygen atoms in total. The molecule has 0 radical (unpaired) electrons. The third kappa shape index (κ3) is 3.77. The second-order valence-corrected chi connectivity index (χ2v) is 6.70. The summed E-state index contributed by atoms with van der Waals surface area (Å²) >= 11 is 3.34. The molecule has 0 spiro atoms. The van der Waals surface area contributed by atoms with E-state index in [1.54, 1.807) is 12.1 Å². The first-order chi connectivity index (χ1) is 13.3. The van der Waals surface area contributed by atoms with Gasteiger partial charge in [0.15, 0.2) is 28.6 Å². The van der Waals surface area contributed by atoms with Gasteiger partial charge in [0.2, 0.25) is 0 Å². The number of benzene rings is 2. The predicted octanol–water partition coefficient (Wildman–Crippen LogP) is 3.99. The Morgan fingerprint density at radius 1 is 0.964 bits per heavy atom. The molecule has 0 fully saturated rings. The molecule has 0 aliphatic carbocycles. The molecule has 0 atom stereocenters. The van der Waals surface area contributed by atoms with Crippen molar-refractivity contribution in [1.29, 1.82) is 0 Å². The molecule has 0 saturated carbocycles. The van der Waals surface area contributed by atoms with E-state index in [4.69, 9.17) is 18.6 Å². The SMILES string of the molecule is COc1cc(C(C)=O)ccc1OC(=O)c1cc2cc(Br)cc(OC)c2oc1=O. The van der Waals surface area contributed by atoms with Crippen LogP contribution in [0.1, 0.15) is 27.6 Å². The number of rotatable bonds is 5. The summed E-state index contributed by atoms with van der Waals surface area (Å²) in [7, 11) is 2.82. The average Bonchev–Trinajstić information content (AvgIpc) is 2.67. The molecule has 3 aromatic rings. The van der Waals surface area contributed by atoms with E-state index in [9.17, 15) is 14.4 Å². The van der Waals surface area contributed by atoms with Gasteiger partial charge in [-0.2, -0.15) is 0 Å². The Morgan fingerprint density at radius 2 is 1.68 bits per heavy atom. The lowest BCUT2D eigenvalue weighted by atomic mass is 10.1. The molecule has 8 heteroatoms. The first-order valence-electron chi connectivity index (χ1n) is 8.06. The molecular formula is C20H15BrO7. The maximum atomic E-state index is 12.6. The van der Waals surface area contributed by atoms with E-state index in [0.29, 0.717) is 21.2 Å². The van der Waals surface area contributed by atoms with Crippen molar-refractivity contribution in [3.63, 3.8) is 0 Å². The van der Waals surface area contributed by atoms with Crippen LogP contribution in [0.5, 0.6) is 17.2 Å². The van der Waals surface area contributed by atoms with Gasteiger partial charge in [0.25, 0.3) is 0 Å². The van der Waals surface area contributed by atoms with Crippen molar-refractivity contribution in [2.45, 2.75) is 6.92 Å². The van der Waals surface area contributed by atoms with Crippen molar-refractivity contribution in [1.82, 2.24) is 0 Å². The van der Waals surface area contributed by atoms with E-state index < -0.39 is 11.6 Å². The maximum Gasteiger partial charge on any atom is 0.351 e. The molecule has 3 rings (SSSR count). The molecule has 144 valence electrons. The molecular weight excluding hydrogens is 432 g/mol. The minimum Gasteiger partial charge on any atom is -0.493 e.